The van der Waals surface area contributed by atoms with E-state index in [0.717, 1.165) is 25.3 Å². The molecule has 3 nitrogen and oxygen atoms in total. The lowest BCUT2D eigenvalue weighted by atomic mass is 9.60. The van der Waals surface area contributed by atoms with Gasteiger partial charge in [0.15, 0.2) is 11.6 Å². The zero-order chi connectivity index (χ0) is 15.9. The number of carbonyl (C=O) groups is 1. The monoisotopic (exact) mass is 309 g/mol. The highest BCUT2D eigenvalue weighted by molar-refractivity contribution is 5.72. The lowest BCUT2D eigenvalue weighted by Gasteiger charge is -2.48. The average Bonchev–Trinajstić information content (AvgIpc) is 2.48. The minimum Gasteiger partial charge on any atom is -0.490 e. The lowest BCUT2D eigenvalue weighted by molar-refractivity contribution is -0.119. The number of fused-ring (bicyclic) bond motifs is 3. The van der Waals surface area contributed by atoms with Crippen LogP contribution in [0.15, 0.2) is 12.1 Å². The maximum Gasteiger partial charge on any atom is 0.216 e. The minimum atomic E-state index is -0.489. The number of halogens is 2. The van der Waals surface area contributed by atoms with Gasteiger partial charge in [-0.25, -0.2) is 8.78 Å². The molecule has 1 saturated carbocycles. The van der Waals surface area contributed by atoms with E-state index in [-0.39, 0.29) is 23.4 Å². The van der Waals surface area contributed by atoms with Crippen molar-refractivity contribution >= 4 is 5.91 Å². The van der Waals surface area contributed by atoms with Crippen molar-refractivity contribution in [1.82, 2.24) is 5.32 Å². The third-order valence-electron chi connectivity index (χ3n) is 5.29. The number of hydrogen-bond acceptors (Lipinski definition) is 2. The predicted molar refractivity (Wildman–Crippen MR) is 78.7 cm³/mol. The smallest absolute Gasteiger partial charge is 0.216 e. The maximum atomic E-state index is 14.3. The summed E-state index contributed by atoms with van der Waals surface area (Å²) in [7, 11) is 0. The van der Waals surface area contributed by atoms with Crippen molar-refractivity contribution in [2.45, 2.75) is 38.5 Å². The number of hydrogen-bond donors (Lipinski definition) is 1. The first-order chi connectivity index (χ1) is 10.4. The summed E-state index contributed by atoms with van der Waals surface area (Å²) in [5.74, 6) is -0.321. The Morgan fingerprint density at radius 1 is 1.41 bits per heavy atom. The van der Waals surface area contributed by atoms with Crippen LogP contribution in [0.5, 0.6) is 5.75 Å². The molecule has 5 heteroatoms. The molecule has 1 aromatic rings. The topological polar surface area (TPSA) is 38.3 Å². The number of carbonyl (C=O) groups excluding carboxylic acids is 1. The fraction of sp³-hybridized carbons (Fsp3) is 0.588. The van der Waals surface area contributed by atoms with Crippen LogP contribution in [0.1, 0.15) is 38.7 Å². The van der Waals surface area contributed by atoms with E-state index >= 15 is 0 Å². The second kappa shape index (κ2) is 5.52. The minimum absolute atomic E-state index is 0.0355. The molecule has 1 aromatic carbocycles. The van der Waals surface area contributed by atoms with E-state index < -0.39 is 11.2 Å². The maximum absolute atomic E-state index is 14.3. The summed E-state index contributed by atoms with van der Waals surface area (Å²) in [5, 5.41) is 2.85. The van der Waals surface area contributed by atoms with Crippen LogP contribution in [0.4, 0.5) is 8.78 Å². The zero-order valence-electron chi connectivity index (χ0n) is 12.9. The van der Waals surface area contributed by atoms with Crippen molar-refractivity contribution in [3.8, 4) is 5.75 Å². The van der Waals surface area contributed by atoms with E-state index in [1.807, 2.05) is 6.92 Å². The van der Waals surface area contributed by atoms with Gasteiger partial charge in [-0.1, -0.05) is 6.92 Å². The molecule has 1 amide bonds. The Morgan fingerprint density at radius 2 is 2.14 bits per heavy atom. The highest BCUT2D eigenvalue weighted by atomic mass is 19.1. The van der Waals surface area contributed by atoms with E-state index in [1.54, 1.807) is 0 Å². The fourth-order valence-electron chi connectivity index (χ4n) is 3.93. The molecule has 1 aliphatic heterocycles. The van der Waals surface area contributed by atoms with Gasteiger partial charge in [-0.3, -0.25) is 4.79 Å². The van der Waals surface area contributed by atoms with Gasteiger partial charge in [0.05, 0.1) is 6.61 Å². The Bertz CT molecular complexity index is 605. The van der Waals surface area contributed by atoms with Crippen LogP contribution in [0.3, 0.4) is 0 Å². The summed E-state index contributed by atoms with van der Waals surface area (Å²) in [6.45, 7) is 4.56. The molecule has 3 atom stereocenters. The van der Waals surface area contributed by atoms with Crippen LogP contribution in [0.2, 0.25) is 0 Å². The normalized spacial score (nSPS) is 30.0. The Balaban J connectivity index is 1.86. The van der Waals surface area contributed by atoms with Gasteiger partial charge in [-0.05, 0) is 37.3 Å². The van der Waals surface area contributed by atoms with Gasteiger partial charge in [-0.2, -0.15) is 0 Å². The molecule has 1 fully saturated rings. The van der Waals surface area contributed by atoms with Gasteiger partial charge < -0.3 is 10.1 Å². The number of nitrogens with one attached hydrogen (secondary N) is 1. The summed E-state index contributed by atoms with van der Waals surface area (Å²) in [4.78, 5) is 11.1. The van der Waals surface area contributed by atoms with Crippen molar-refractivity contribution < 1.29 is 18.3 Å². The third-order valence-corrected chi connectivity index (χ3v) is 5.29. The first-order valence-electron chi connectivity index (χ1n) is 7.77. The van der Waals surface area contributed by atoms with Gasteiger partial charge in [0.2, 0.25) is 5.91 Å². The van der Waals surface area contributed by atoms with Crippen LogP contribution >= 0.6 is 0 Å². The largest absolute Gasteiger partial charge is 0.490 e. The second-order valence-electron chi connectivity index (χ2n) is 6.74. The van der Waals surface area contributed by atoms with E-state index in [9.17, 15) is 13.6 Å². The Hall–Kier alpha value is -1.65. The number of benzene rings is 1. The Kier molecular flexibility index (Phi) is 3.83. The van der Waals surface area contributed by atoms with Crippen molar-refractivity contribution in [3.63, 3.8) is 0 Å². The number of rotatable bonds is 2. The molecule has 1 aliphatic carbocycles. The summed E-state index contributed by atoms with van der Waals surface area (Å²) >= 11 is 0. The molecule has 3 rings (SSSR count). The summed E-state index contributed by atoms with van der Waals surface area (Å²) in [5.41, 5.74) is -0.00585. The third kappa shape index (κ3) is 2.46. The first kappa shape index (κ1) is 15.3. The van der Waals surface area contributed by atoms with E-state index in [2.05, 4.69) is 5.32 Å². The summed E-state index contributed by atoms with van der Waals surface area (Å²) in [6.07, 6.45) is 2.52. The van der Waals surface area contributed by atoms with Gasteiger partial charge in [-0.15, -0.1) is 0 Å². The van der Waals surface area contributed by atoms with Crippen molar-refractivity contribution in [2.24, 2.45) is 11.8 Å². The standard InChI is InChI=1S/C17H21F2NO2/c1-10(21)20-8-11-5-6-17(2)12(7-11)9-22-16-14(19)4-3-13(18)15(16)17/h3-4,11-12H,5-9H2,1-2H3,(H,20,21)/t11-,12?,17?/m1/s1. The Morgan fingerprint density at radius 3 is 2.86 bits per heavy atom. The predicted octanol–water partition coefficient (Wildman–Crippen LogP) is 3.17. The van der Waals surface area contributed by atoms with E-state index in [0.29, 0.717) is 24.6 Å². The molecule has 0 bridgehead atoms. The highest BCUT2D eigenvalue weighted by Crippen LogP contribution is 2.52. The fourth-order valence-corrected chi connectivity index (χ4v) is 3.93. The molecule has 0 saturated heterocycles. The first-order valence-corrected chi connectivity index (χ1v) is 7.77. The van der Waals surface area contributed by atoms with Crippen LogP contribution in [-0.4, -0.2) is 19.1 Å². The SMILES string of the molecule is CC(=O)NC[C@@H]1CCC2(C)c3c(F)ccc(F)c3OCC2C1. The van der Waals surface area contributed by atoms with Gasteiger partial charge in [0.1, 0.15) is 5.82 Å². The van der Waals surface area contributed by atoms with Gasteiger partial charge >= 0.3 is 0 Å². The van der Waals surface area contributed by atoms with Crippen LogP contribution < -0.4 is 10.1 Å². The molecule has 1 heterocycles. The molecule has 0 radical (unpaired) electrons. The molecule has 2 unspecified atom stereocenters. The molecule has 2 aliphatic rings. The lowest BCUT2D eigenvalue weighted by Crippen LogP contribution is -2.46. The summed E-state index contributed by atoms with van der Waals surface area (Å²) < 4.78 is 33.8. The molecule has 22 heavy (non-hydrogen) atoms. The van der Waals surface area contributed by atoms with Crippen molar-refractivity contribution in [2.75, 3.05) is 13.2 Å². The number of ether oxygens (including phenoxy) is 1. The summed E-state index contributed by atoms with van der Waals surface area (Å²) in [6, 6.07) is 2.31. The molecule has 1 N–H and O–H groups in total. The van der Waals surface area contributed by atoms with Gasteiger partial charge in [0, 0.05) is 30.4 Å². The molecular weight excluding hydrogens is 288 g/mol. The Labute approximate surface area is 129 Å². The van der Waals surface area contributed by atoms with Crippen molar-refractivity contribution in [3.05, 3.63) is 29.3 Å². The van der Waals surface area contributed by atoms with E-state index in [4.69, 9.17) is 4.74 Å². The number of amides is 1. The van der Waals surface area contributed by atoms with Crippen LogP contribution in [0.25, 0.3) is 0 Å². The molecular formula is C17H21F2NO2. The quantitative estimate of drug-likeness (QED) is 0.911. The van der Waals surface area contributed by atoms with E-state index in [1.165, 1.54) is 13.0 Å². The van der Waals surface area contributed by atoms with Crippen LogP contribution in [0, 0.1) is 23.5 Å². The highest BCUT2D eigenvalue weighted by Gasteiger charge is 2.47. The van der Waals surface area contributed by atoms with Crippen LogP contribution in [-0.2, 0) is 10.2 Å². The van der Waals surface area contributed by atoms with Crippen molar-refractivity contribution in [1.29, 1.82) is 0 Å². The molecule has 0 aromatic heterocycles. The second-order valence-corrected chi connectivity index (χ2v) is 6.74. The van der Waals surface area contributed by atoms with Gasteiger partial charge in [0.25, 0.3) is 0 Å². The molecule has 0 spiro atoms. The average molecular weight is 309 g/mol. The molecule has 120 valence electrons. The zero-order valence-corrected chi connectivity index (χ0v) is 12.9.